The number of hydrogen-bond donors (Lipinski definition) is 0. The summed E-state index contributed by atoms with van der Waals surface area (Å²) in [6.45, 7) is 1.76. The van der Waals surface area contributed by atoms with E-state index in [9.17, 15) is 17.2 Å². The summed E-state index contributed by atoms with van der Waals surface area (Å²) >= 11 is 0. The normalized spacial score (nSPS) is 15.6. The van der Waals surface area contributed by atoms with Gasteiger partial charge in [0, 0.05) is 12.3 Å². The molecule has 0 spiro atoms. The van der Waals surface area contributed by atoms with Gasteiger partial charge in [-0.25, -0.2) is 17.2 Å². The largest absolute Gasteiger partial charge is 0.314 e. The average molecular weight is 332 g/mol. The SMILES string of the molecule is Cc1ccc2c(c1)N(c1cc(F)cc(F)c1)C=C(C#N)S2(=O)=O. The van der Waals surface area contributed by atoms with Crippen molar-refractivity contribution in [2.75, 3.05) is 4.90 Å². The van der Waals surface area contributed by atoms with Crippen LogP contribution in [0.25, 0.3) is 0 Å². The van der Waals surface area contributed by atoms with E-state index in [2.05, 4.69) is 0 Å². The second-order valence-electron chi connectivity index (χ2n) is 5.08. The summed E-state index contributed by atoms with van der Waals surface area (Å²) in [5.41, 5.74) is 1.11. The van der Waals surface area contributed by atoms with Gasteiger partial charge in [-0.1, -0.05) is 6.07 Å². The highest BCUT2D eigenvalue weighted by molar-refractivity contribution is 7.95. The van der Waals surface area contributed by atoms with Crippen molar-refractivity contribution in [3.8, 4) is 6.07 Å². The summed E-state index contributed by atoms with van der Waals surface area (Å²) in [7, 11) is -3.94. The highest BCUT2D eigenvalue weighted by atomic mass is 32.2. The first-order valence-electron chi connectivity index (χ1n) is 6.56. The standard InChI is InChI=1S/C16H10F2N2O2S/c1-10-2-3-16-15(4-10)20(9-14(8-19)23(16,21)22)13-6-11(17)5-12(18)7-13/h2-7,9H,1H3. The topological polar surface area (TPSA) is 61.2 Å². The molecule has 0 radical (unpaired) electrons. The van der Waals surface area contributed by atoms with Gasteiger partial charge in [0.1, 0.15) is 17.7 Å². The molecule has 7 heteroatoms. The van der Waals surface area contributed by atoms with Crippen LogP contribution in [0, 0.1) is 29.9 Å². The molecule has 0 amide bonds. The maximum absolute atomic E-state index is 13.5. The zero-order chi connectivity index (χ0) is 16.8. The van der Waals surface area contributed by atoms with Gasteiger partial charge >= 0.3 is 0 Å². The lowest BCUT2D eigenvalue weighted by molar-refractivity contribution is 0.583. The lowest BCUT2D eigenvalue weighted by Gasteiger charge is -2.28. The predicted octanol–water partition coefficient (Wildman–Crippen LogP) is 3.56. The highest BCUT2D eigenvalue weighted by Crippen LogP contribution is 2.40. The van der Waals surface area contributed by atoms with Crippen molar-refractivity contribution in [2.24, 2.45) is 0 Å². The number of hydrogen-bond acceptors (Lipinski definition) is 4. The van der Waals surface area contributed by atoms with Crippen molar-refractivity contribution in [3.63, 3.8) is 0 Å². The smallest absolute Gasteiger partial charge is 0.220 e. The van der Waals surface area contributed by atoms with Crippen LogP contribution in [-0.4, -0.2) is 8.42 Å². The molecule has 3 rings (SSSR count). The second kappa shape index (κ2) is 5.18. The molecule has 0 unspecified atom stereocenters. The average Bonchev–Trinajstić information content (AvgIpc) is 2.46. The molecule has 0 saturated carbocycles. The number of halogens is 2. The van der Waals surface area contributed by atoms with Gasteiger partial charge in [0.15, 0.2) is 4.91 Å². The summed E-state index contributed by atoms with van der Waals surface area (Å²) in [5.74, 6) is -1.59. The Morgan fingerprint density at radius 2 is 1.74 bits per heavy atom. The van der Waals surface area contributed by atoms with Gasteiger partial charge in [-0.3, -0.25) is 0 Å². The van der Waals surface area contributed by atoms with Crippen molar-refractivity contribution < 1.29 is 17.2 Å². The van der Waals surface area contributed by atoms with E-state index in [0.29, 0.717) is 0 Å². The first-order valence-corrected chi connectivity index (χ1v) is 8.04. The second-order valence-corrected chi connectivity index (χ2v) is 6.96. The van der Waals surface area contributed by atoms with Crippen LogP contribution in [0.3, 0.4) is 0 Å². The maximum atomic E-state index is 13.5. The number of sulfone groups is 1. The summed E-state index contributed by atoms with van der Waals surface area (Å²) < 4.78 is 51.8. The van der Waals surface area contributed by atoms with Gasteiger partial charge in [-0.05, 0) is 36.8 Å². The molecular weight excluding hydrogens is 322 g/mol. The van der Waals surface area contributed by atoms with Crippen molar-refractivity contribution >= 4 is 21.2 Å². The molecule has 116 valence electrons. The zero-order valence-corrected chi connectivity index (χ0v) is 12.7. The van der Waals surface area contributed by atoms with Crippen molar-refractivity contribution in [3.05, 3.63) is 64.7 Å². The van der Waals surface area contributed by atoms with Crippen LogP contribution in [0.15, 0.2) is 52.4 Å². The summed E-state index contributed by atoms with van der Waals surface area (Å²) in [6.07, 6.45) is 1.07. The van der Waals surface area contributed by atoms with Crippen LogP contribution in [-0.2, 0) is 9.84 Å². The van der Waals surface area contributed by atoms with E-state index in [-0.39, 0.29) is 16.3 Å². The van der Waals surface area contributed by atoms with Gasteiger partial charge in [0.2, 0.25) is 9.84 Å². The third kappa shape index (κ3) is 2.47. The summed E-state index contributed by atoms with van der Waals surface area (Å²) in [6, 6.07) is 9.04. The molecule has 2 aromatic rings. The van der Waals surface area contributed by atoms with E-state index in [1.807, 2.05) is 0 Å². The first kappa shape index (κ1) is 15.2. The molecule has 0 N–H and O–H groups in total. The van der Waals surface area contributed by atoms with Crippen molar-refractivity contribution in [1.29, 1.82) is 5.26 Å². The Labute approximate surface area is 131 Å². The Kier molecular flexibility index (Phi) is 3.42. The maximum Gasteiger partial charge on any atom is 0.220 e. The summed E-state index contributed by atoms with van der Waals surface area (Å²) in [5, 5.41) is 9.11. The fraction of sp³-hybridized carbons (Fsp3) is 0.0625. The van der Waals surface area contributed by atoms with Crippen LogP contribution in [0.4, 0.5) is 20.2 Å². The number of nitrogens with zero attached hydrogens (tertiary/aromatic N) is 2. The fourth-order valence-electron chi connectivity index (χ4n) is 2.40. The van der Waals surface area contributed by atoms with Crippen LogP contribution in [0.1, 0.15) is 5.56 Å². The Balaban J connectivity index is 2.33. The number of benzene rings is 2. The van der Waals surface area contributed by atoms with Gasteiger partial charge in [-0.2, -0.15) is 5.26 Å². The first-order chi connectivity index (χ1) is 10.8. The van der Waals surface area contributed by atoms with E-state index in [0.717, 1.165) is 30.0 Å². The number of fused-ring (bicyclic) bond motifs is 1. The fourth-order valence-corrected chi connectivity index (χ4v) is 3.68. The Morgan fingerprint density at radius 3 is 2.35 bits per heavy atom. The number of rotatable bonds is 1. The monoisotopic (exact) mass is 332 g/mol. The van der Waals surface area contributed by atoms with Crippen LogP contribution >= 0.6 is 0 Å². The number of allylic oxidation sites excluding steroid dienone is 1. The van der Waals surface area contributed by atoms with Crippen molar-refractivity contribution in [2.45, 2.75) is 11.8 Å². The zero-order valence-electron chi connectivity index (χ0n) is 11.9. The molecular formula is C16H10F2N2O2S. The van der Waals surface area contributed by atoms with E-state index in [1.165, 1.54) is 11.0 Å². The van der Waals surface area contributed by atoms with Gasteiger partial charge < -0.3 is 4.90 Å². The molecule has 0 atom stereocenters. The third-order valence-electron chi connectivity index (χ3n) is 3.44. The molecule has 0 aliphatic carbocycles. The van der Waals surface area contributed by atoms with E-state index < -0.39 is 26.4 Å². The minimum Gasteiger partial charge on any atom is -0.314 e. The van der Waals surface area contributed by atoms with Crippen LogP contribution < -0.4 is 4.90 Å². The molecule has 0 bridgehead atoms. The van der Waals surface area contributed by atoms with E-state index in [4.69, 9.17) is 5.26 Å². The van der Waals surface area contributed by atoms with E-state index >= 15 is 0 Å². The minimum atomic E-state index is -3.94. The Bertz CT molecular complexity index is 971. The molecule has 0 aromatic heterocycles. The van der Waals surface area contributed by atoms with Crippen LogP contribution in [0.5, 0.6) is 0 Å². The lowest BCUT2D eigenvalue weighted by atomic mass is 10.2. The molecule has 4 nitrogen and oxygen atoms in total. The van der Waals surface area contributed by atoms with Gasteiger partial charge in [0.25, 0.3) is 0 Å². The van der Waals surface area contributed by atoms with Gasteiger partial charge in [-0.15, -0.1) is 0 Å². The van der Waals surface area contributed by atoms with Crippen LogP contribution in [0.2, 0.25) is 0 Å². The summed E-state index contributed by atoms with van der Waals surface area (Å²) in [4.78, 5) is 0.735. The molecule has 0 fully saturated rings. The number of aryl methyl sites for hydroxylation is 1. The highest BCUT2D eigenvalue weighted by Gasteiger charge is 2.32. The lowest BCUT2D eigenvalue weighted by Crippen LogP contribution is -2.21. The Hall–Kier alpha value is -2.72. The number of nitriles is 1. The molecule has 1 aliphatic rings. The number of anilines is 2. The van der Waals surface area contributed by atoms with E-state index in [1.54, 1.807) is 25.1 Å². The molecule has 1 aliphatic heterocycles. The third-order valence-corrected chi connectivity index (χ3v) is 5.14. The predicted molar refractivity (Wildman–Crippen MR) is 80.6 cm³/mol. The molecule has 23 heavy (non-hydrogen) atoms. The van der Waals surface area contributed by atoms with Crippen molar-refractivity contribution in [1.82, 2.24) is 0 Å². The molecule has 1 heterocycles. The molecule has 2 aromatic carbocycles. The Morgan fingerprint density at radius 1 is 1.09 bits per heavy atom. The van der Waals surface area contributed by atoms with Gasteiger partial charge in [0.05, 0.1) is 16.3 Å². The quantitative estimate of drug-likeness (QED) is 0.801. The molecule has 0 saturated heterocycles. The minimum absolute atomic E-state index is 0.0770.